The van der Waals surface area contributed by atoms with Crippen molar-refractivity contribution in [3.8, 4) is 0 Å². The van der Waals surface area contributed by atoms with Gasteiger partial charge in [0.15, 0.2) is 5.01 Å². The second-order valence-electron chi connectivity index (χ2n) is 1.99. The fourth-order valence-electron chi connectivity index (χ4n) is 0.675. The van der Waals surface area contributed by atoms with E-state index in [1.807, 2.05) is 5.43 Å². The number of nitrogens with two attached hydrogens (primary N) is 1. The number of oxime groups is 1. The summed E-state index contributed by atoms with van der Waals surface area (Å²) in [5, 5.41) is 5.20. The van der Waals surface area contributed by atoms with Gasteiger partial charge < -0.3 is 4.84 Å². The molecule has 1 amide bonds. The van der Waals surface area contributed by atoms with E-state index in [4.69, 9.17) is 5.84 Å². The summed E-state index contributed by atoms with van der Waals surface area (Å²) in [5.74, 6) is 4.21. The van der Waals surface area contributed by atoms with Crippen LogP contribution in [0.3, 0.4) is 0 Å². The maximum Gasteiger partial charge on any atom is 0.290 e. The van der Waals surface area contributed by atoms with Crippen LogP contribution < -0.4 is 11.3 Å². The maximum atomic E-state index is 11.7. The van der Waals surface area contributed by atoms with Gasteiger partial charge in [-0.25, -0.2) is 15.2 Å². The highest BCUT2D eigenvalue weighted by Crippen LogP contribution is 2.06. The lowest BCUT2D eigenvalue weighted by Crippen LogP contribution is -2.36. The minimum absolute atomic E-state index is 0.153. The molecular weight excluding hydrogens is 211 g/mol. The Hall–Kier alpha value is -1.54. The van der Waals surface area contributed by atoms with E-state index in [-0.39, 0.29) is 5.71 Å². The third kappa shape index (κ3) is 2.47. The molecule has 0 saturated heterocycles. The van der Waals surface area contributed by atoms with Gasteiger partial charge in [-0.15, -0.1) is 11.3 Å². The van der Waals surface area contributed by atoms with Crippen LogP contribution in [0.5, 0.6) is 0 Å². The minimum atomic E-state index is -1.12. The highest BCUT2D eigenvalue weighted by atomic mass is 32.1. The number of nitrogens with one attached hydrogen (secondary N) is 1. The Morgan fingerprint density at radius 2 is 2.64 bits per heavy atom. The second-order valence-corrected chi connectivity index (χ2v) is 2.88. The molecule has 0 aliphatic rings. The van der Waals surface area contributed by atoms with Gasteiger partial charge in [0, 0.05) is 11.6 Å². The zero-order valence-electron chi connectivity index (χ0n) is 6.94. The summed E-state index contributed by atoms with van der Waals surface area (Å²) in [7, 11) is 0. The number of amides is 1. The third-order valence-electron chi connectivity index (χ3n) is 1.19. The molecule has 8 heteroatoms. The van der Waals surface area contributed by atoms with Crippen molar-refractivity contribution in [2.45, 2.75) is 0 Å². The molecule has 76 valence electrons. The highest BCUT2D eigenvalue weighted by Gasteiger charge is 2.16. The molecule has 0 aromatic carbocycles. The monoisotopic (exact) mass is 218 g/mol. The first kappa shape index (κ1) is 10.5. The van der Waals surface area contributed by atoms with E-state index < -0.39 is 12.8 Å². The molecule has 0 spiro atoms. The molecule has 14 heavy (non-hydrogen) atoms. The number of alkyl halides is 1. The van der Waals surface area contributed by atoms with Gasteiger partial charge in [-0.3, -0.25) is 10.2 Å². The average Bonchev–Trinajstić information content (AvgIpc) is 2.71. The van der Waals surface area contributed by atoms with E-state index in [1.165, 1.54) is 6.20 Å². The Morgan fingerprint density at radius 1 is 1.86 bits per heavy atom. The fraction of sp³-hybridized carbons (Fsp3) is 0.167. The second kappa shape index (κ2) is 5.25. The summed E-state index contributed by atoms with van der Waals surface area (Å²) >= 11 is 1.16. The number of halogens is 1. The lowest BCUT2D eigenvalue weighted by atomic mass is 10.4. The number of rotatable bonds is 4. The Kier molecular flexibility index (Phi) is 3.95. The predicted octanol–water partition coefficient (Wildman–Crippen LogP) is -0.219. The molecule has 1 aromatic heterocycles. The molecule has 0 fully saturated rings. The van der Waals surface area contributed by atoms with Crippen LogP contribution in [0.4, 0.5) is 4.39 Å². The van der Waals surface area contributed by atoms with Crippen LogP contribution in [0, 0.1) is 0 Å². The summed E-state index contributed by atoms with van der Waals surface area (Å²) in [5.41, 5.74) is 1.70. The number of hydrogen-bond donors (Lipinski definition) is 2. The normalized spacial score (nSPS) is 11.1. The van der Waals surface area contributed by atoms with E-state index in [0.717, 1.165) is 11.3 Å². The summed E-state index contributed by atoms with van der Waals surface area (Å²) in [6.07, 6.45) is 1.48. The van der Waals surface area contributed by atoms with Crippen LogP contribution in [0.1, 0.15) is 5.01 Å². The van der Waals surface area contributed by atoms with Gasteiger partial charge in [0.25, 0.3) is 12.8 Å². The van der Waals surface area contributed by atoms with Crippen LogP contribution in [0.15, 0.2) is 16.7 Å². The fourth-order valence-corrected chi connectivity index (χ4v) is 1.29. The van der Waals surface area contributed by atoms with E-state index in [0.29, 0.717) is 5.01 Å². The Bertz CT molecular complexity index is 327. The quantitative estimate of drug-likeness (QED) is 0.316. The van der Waals surface area contributed by atoms with Gasteiger partial charge >= 0.3 is 0 Å². The zero-order chi connectivity index (χ0) is 10.4. The van der Waals surface area contributed by atoms with Crippen molar-refractivity contribution in [1.82, 2.24) is 10.4 Å². The molecule has 1 aromatic rings. The number of hydrogen-bond acceptors (Lipinski definition) is 6. The molecule has 3 N–H and O–H groups in total. The maximum absolute atomic E-state index is 11.7. The first-order chi connectivity index (χ1) is 6.79. The molecule has 0 atom stereocenters. The standard InChI is InChI=1S/C6H7FN4O2S/c7-3-13-11-4(5(12)10-8)6-9-1-2-14-6/h1-2H,3,8H2,(H,10,12). The van der Waals surface area contributed by atoms with E-state index in [2.05, 4.69) is 15.0 Å². The van der Waals surface area contributed by atoms with Crippen LogP contribution in [-0.2, 0) is 9.63 Å². The molecule has 0 radical (unpaired) electrons. The van der Waals surface area contributed by atoms with Gasteiger partial charge in [-0.2, -0.15) is 0 Å². The van der Waals surface area contributed by atoms with Crippen LogP contribution in [0.2, 0.25) is 0 Å². The predicted molar refractivity (Wildman–Crippen MR) is 48.0 cm³/mol. The number of nitrogens with zero attached hydrogens (tertiary/aromatic N) is 2. The van der Waals surface area contributed by atoms with Crippen molar-refractivity contribution in [1.29, 1.82) is 0 Å². The number of thiazole rings is 1. The SMILES string of the molecule is NNC(=O)C(=NOCF)c1nccs1. The molecule has 0 aliphatic heterocycles. The largest absolute Gasteiger partial charge is 0.361 e. The van der Waals surface area contributed by atoms with Gasteiger partial charge in [0.05, 0.1) is 0 Å². The molecular formula is C6H7FN4O2S. The highest BCUT2D eigenvalue weighted by molar-refractivity contribution is 7.12. The first-order valence-corrected chi connectivity index (χ1v) is 4.34. The number of carbonyl (C=O) groups excluding carboxylic acids is 1. The summed E-state index contributed by atoms with van der Waals surface area (Å²) in [6.45, 7) is -1.12. The van der Waals surface area contributed by atoms with Crippen LogP contribution in [-0.4, -0.2) is 23.5 Å². The molecule has 1 rings (SSSR count). The van der Waals surface area contributed by atoms with Crippen molar-refractivity contribution in [2.75, 3.05) is 6.86 Å². The van der Waals surface area contributed by atoms with Gasteiger partial charge in [-0.1, -0.05) is 5.16 Å². The topological polar surface area (TPSA) is 89.6 Å². The van der Waals surface area contributed by atoms with Crippen molar-refractivity contribution in [2.24, 2.45) is 11.0 Å². The van der Waals surface area contributed by atoms with Gasteiger partial charge in [0.1, 0.15) is 0 Å². The Labute approximate surface area is 82.5 Å². The van der Waals surface area contributed by atoms with Crippen molar-refractivity contribution in [3.63, 3.8) is 0 Å². The number of carbonyl (C=O) groups is 1. The molecule has 6 nitrogen and oxygen atoms in total. The number of hydrazine groups is 1. The van der Waals surface area contributed by atoms with Crippen LogP contribution in [0.25, 0.3) is 0 Å². The van der Waals surface area contributed by atoms with E-state index in [9.17, 15) is 9.18 Å². The van der Waals surface area contributed by atoms with Crippen molar-refractivity contribution >= 4 is 23.0 Å². The Balaban J connectivity index is 2.88. The minimum Gasteiger partial charge on any atom is -0.361 e. The van der Waals surface area contributed by atoms with Gasteiger partial charge in [0.2, 0.25) is 5.71 Å². The zero-order valence-corrected chi connectivity index (χ0v) is 7.75. The first-order valence-electron chi connectivity index (χ1n) is 3.46. The third-order valence-corrected chi connectivity index (χ3v) is 1.97. The molecule has 0 saturated carbocycles. The summed E-state index contributed by atoms with van der Waals surface area (Å²) < 4.78 is 11.7. The van der Waals surface area contributed by atoms with Crippen molar-refractivity contribution in [3.05, 3.63) is 16.6 Å². The molecule has 0 bridgehead atoms. The lowest BCUT2D eigenvalue weighted by molar-refractivity contribution is -0.115. The van der Waals surface area contributed by atoms with E-state index in [1.54, 1.807) is 5.38 Å². The van der Waals surface area contributed by atoms with Crippen molar-refractivity contribution < 1.29 is 14.0 Å². The Morgan fingerprint density at radius 3 is 3.14 bits per heavy atom. The molecule has 0 unspecified atom stereocenters. The average molecular weight is 218 g/mol. The summed E-state index contributed by atoms with van der Waals surface area (Å²) in [6, 6.07) is 0. The van der Waals surface area contributed by atoms with E-state index >= 15 is 0 Å². The summed E-state index contributed by atoms with van der Waals surface area (Å²) in [4.78, 5) is 19.0. The number of aromatic nitrogens is 1. The smallest absolute Gasteiger partial charge is 0.290 e. The van der Waals surface area contributed by atoms with Crippen LogP contribution >= 0.6 is 11.3 Å². The molecule has 1 heterocycles. The van der Waals surface area contributed by atoms with Gasteiger partial charge in [-0.05, 0) is 0 Å². The lowest BCUT2D eigenvalue weighted by Gasteiger charge is -1.99. The molecule has 0 aliphatic carbocycles.